The molecule has 3 nitrogen and oxygen atoms in total. The highest BCUT2D eigenvalue weighted by Gasteiger charge is 2.14. The minimum atomic E-state index is -0.952. The summed E-state index contributed by atoms with van der Waals surface area (Å²) in [5.41, 5.74) is 2.92. The Morgan fingerprint density at radius 2 is 2.09 bits per heavy atom. The summed E-state index contributed by atoms with van der Waals surface area (Å²) in [6, 6.07) is 4.91. The molecule has 1 aromatic heterocycles. The highest BCUT2D eigenvalue weighted by molar-refractivity contribution is 7.14. The smallest absolute Gasteiger partial charge is 0.347 e. The van der Waals surface area contributed by atoms with Gasteiger partial charge in [0.2, 0.25) is 0 Å². The van der Waals surface area contributed by atoms with E-state index in [0.29, 0.717) is 16.3 Å². The molecule has 2 aromatic rings. The Bertz CT molecular complexity index is 775. The molecule has 0 radical (unpaired) electrons. The molecular weight excluding hydrogens is 301 g/mol. The quantitative estimate of drug-likeness (QED) is 0.831. The number of benzene rings is 1. The van der Waals surface area contributed by atoms with Crippen molar-refractivity contribution in [1.29, 1.82) is 0 Å². The van der Waals surface area contributed by atoms with Crippen LogP contribution in [0.3, 0.4) is 0 Å². The molecule has 2 rings (SSSR count). The van der Waals surface area contributed by atoms with E-state index in [9.17, 15) is 9.18 Å². The number of carbonyl (C=O) groups is 1. The van der Waals surface area contributed by atoms with Gasteiger partial charge in [-0.15, -0.1) is 11.3 Å². The third kappa shape index (κ3) is 3.68. The number of allylic oxidation sites excluding steroid dienone is 3. The van der Waals surface area contributed by atoms with E-state index in [0.717, 1.165) is 22.5 Å². The fourth-order valence-corrected chi connectivity index (χ4v) is 2.80. The Kier molecular flexibility index (Phi) is 4.88. The number of hydrogen-bond donors (Lipinski definition) is 1. The van der Waals surface area contributed by atoms with E-state index in [1.165, 1.54) is 6.07 Å². The monoisotopic (exact) mass is 317 g/mol. The number of thiazole rings is 1. The van der Waals surface area contributed by atoms with Gasteiger partial charge in [-0.05, 0) is 49.6 Å². The lowest BCUT2D eigenvalue weighted by Gasteiger charge is -1.97. The maximum atomic E-state index is 13.2. The summed E-state index contributed by atoms with van der Waals surface area (Å²) >= 11 is 1.16. The van der Waals surface area contributed by atoms with Crippen molar-refractivity contribution in [1.82, 2.24) is 4.98 Å². The van der Waals surface area contributed by atoms with E-state index in [2.05, 4.69) is 4.98 Å². The SMILES string of the molecule is C/C(=C\C=C\c1ccc(F)c(C)c1)c1nc(C)c(C(=O)O)s1. The second kappa shape index (κ2) is 6.66. The molecule has 0 aliphatic carbocycles. The fourth-order valence-electron chi connectivity index (χ4n) is 1.91. The summed E-state index contributed by atoms with van der Waals surface area (Å²) in [6.45, 7) is 5.29. The first kappa shape index (κ1) is 16.1. The van der Waals surface area contributed by atoms with E-state index in [1.54, 1.807) is 26.0 Å². The third-order valence-corrected chi connectivity index (χ3v) is 4.43. The van der Waals surface area contributed by atoms with Crippen molar-refractivity contribution in [3.8, 4) is 0 Å². The van der Waals surface area contributed by atoms with Gasteiger partial charge < -0.3 is 5.11 Å². The first-order valence-corrected chi connectivity index (χ1v) is 7.52. The molecule has 0 fully saturated rings. The Hall–Kier alpha value is -2.27. The van der Waals surface area contributed by atoms with Crippen molar-refractivity contribution < 1.29 is 14.3 Å². The van der Waals surface area contributed by atoms with Crippen molar-refractivity contribution in [2.24, 2.45) is 0 Å². The van der Waals surface area contributed by atoms with Crippen LogP contribution in [0.4, 0.5) is 4.39 Å². The second-order valence-electron chi connectivity index (χ2n) is 4.96. The van der Waals surface area contributed by atoms with Crippen LogP contribution >= 0.6 is 11.3 Å². The van der Waals surface area contributed by atoms with Crippen LogP contribution in [0.1, 0.15) is 38.4 Å². The molecule has 1 heterocycles. The lowest BCUT2D eigenvalue weighted by atomic mass is 10.1. The van der Waals surface area contributed by atoms with Crippen LogP contribution in [-0.4, -0.2) is 16.1 Å². The molecule has 0 saturated carbocycles. The van der Waals surface area contributed by atoms with Gasteiger partial charge in [-0.25, -0.2) is 14.2 Å². The van der Waals surface area contributed by atoms with Crippen LogP contribution in [-0.2, 0) is 0 Å². The van der Waals surface area contributed by atoms with Crippen molar-refractivity contribution in [3.63, 3.8) is 0 Å². The largest absolute Gasteiger partial charge is 0.477 e. The predicted octanol–water partition coefficient (Wildman–Crippen LogP) is 4.71. The van der Waals surface area contributed by atoms with Gasteiger partial charge >= 0.3 is 5.97 Å². The summed E-state index contributed by atoms with van der Waals surface area (Å²) in [7, 11) is 0. The molecule has 114 valence electrons. The van der Waals surface area contributed by atoms with Gasteiger partial charge in [-0.2, -0.15) is 0 Å². The first-order valence-electron chi connectivity index (χ1n) is 6.70. The number of carboxylic acids is 1. The van der Waals surface area contributed by atoms with Gasteiger partial charge in [0.25, 0.3) is 0 Å². The molecule has 5 heteroatoms. The summed E-state index contributed by atoms with van der Waals surface area (Å²) in [5, 5.41) is 9.73. The molecule has 22 heavy (non-hydrogen) atoms. The molecule has 0 saturated heterocycles. The Morgan fingerprint density at radius 1 is 1.36 bits per heavy atom. The zero-order chi connectivity index (χ0) is 16.3. The van der Waals surface area contributed by atoms with Gasteiger partial charge in [0, 0.05) is 0 Å². The summed E-state index contributed by atoms with van der Waals surface area (Å²) in [5.74, 6) is -1.17. The molecule has 0 atom stereocenters. The number of rotatable bonds is 4. The number of nitrogens with zero attached hydrogens (tertiary/aromatic N) is 1. The Labute approximate surface area is 132 Å². The molecule has 0 aliphatic rings. The summed E-state index contributed by atoms with van der Waals surface area (Å²) < 4.78 is 13.2. The average Bonchev–Trinajstić information content (AvgIpc) is 2.85. The third-order valence-electron chi connectivity index (χ3n) is 3.15. The van der Waals surface area contributed by atoms with Crippen molar-refractivity contribution in [3.05, 3.63) is 62.9 Å². The molecule has 0 aliphatic heterocycles. The summed E-state index contributed by atoms with van der Waals surface area (Å²) in [6.07, 6.45) is 5.58. The standard InChI is InChI=1S/C17H16FNO2S/c1-10(16-19-12(3)15(22-16)17(20)21)5-4-6-13-7-8-14(18)11(2)9-13/h4-9H,1-3H3,(H,20,21)/b6-4+,10-5+. The first-order chi connectivity index (χ1) is 10.4. The molecule has 0 bridgehead atoms. The van der Waals surface area contributed by atoms with E-state index in [4.69, 9.17) is 5.11 Å². The van der Waals surface area contributed by atoms with Gasteiger partial charge in [-0.3, -0.25) is 0 Å². The second-order valence-corrected chi connectivity index (χ2v) is 5.96. The maximum absolute atomic E-state index is 13.2. The van der Waals surface area contributed by atoms with Crippen LogP contribution in [0.25, 0.3) is 11.6 Å². The zero-order valence-electron chi connectivity index (χ0n) is 12.6. The Balaban J connectivity index is 2.18. The highest BCUT2D eigenvalue weighted by Crippen LogP contribution is 2.24. The number of halogens is 1. The number of aromatic nitrogens is 1. The highest BCUT2D eigenvalue weighted by atomic mass is 32.1. The van der Waals surface area contributed by atoms with Crippen molar-refractivity contribution in [2.75, 3.05) is 0 Å². The van der Waals surface area contributed by atoms with E-state index in [-0.39, 0.29) is 10.7 Å². The van der Waals surface area contributed by atoms with E-state index in [1.807, 2.05) is 25.2 Å². The maximum Gasteiger partial charge on any atom is 0.347 e. The molecule has 0 spiro atoms. The predicted molar refractivity (Wildman–Crippen MR) is 87.6 cm³/mol. The van der Waals surface area contributed by atoms with Gasteiger partial charge in [0.1, 0.15) is 15.7 Å². The van der Waals surface area contributed by atoms with Crippen LogP contribution in [0.2, 0.25) is 0 Å². The number of aryl methyl sites for hydroxylation is 2. The van der Waals surface area contributed by atoms with Crippen LogP contribution in [0, 0.1) is 19.7 Å². The van der Waals surface area contributed by atoms with Crippen LogP contribution < -0.4 is 0 Å². The van der Waals surface area contributed by atoms with Crippen molar-refractivity contribution in [2.45, 2.75) is 20.8 Å². The normalized spacial score (nSPS) is 12.1. The Morgan fingerprint density at radius 3 is 2.68 bits per heavy atom. The molecular formula is C17H16FNO2S. The summed E-state index contributed by atoms with van der Waals surface area (Å²) in [4.78, 5) is 15.6. The molecule has 0 unspecified atom stereocenters. The lowest BCUT2D eigenvalue weighted by molar-refractivity contribution is 0.0701. The van der Waals surface area contributed by atoms with E-state index < -0.39 is 5.97 Å². The zero-order valence-corrected chi connectivity index (χ0v) is 13.4. The lowest BCUT2D eigenvalue weighted by Crippen LogP contribution is -1.94. The molecule has 0 amide bonds. The van der Waals surface area contributed by atoms with Gasteiger partial charge in [0.05, 0.1) is 5.69 Å². The number of aromatic carboxylic acids is 1. The molecule has 1 aromatic carbocycles. The fraction of sp³-hybridized carbons (Fsp3) is 0.176. The number of hydrogen-bond acceptors (Lipinski definition) is 3. The van der Waals surface area contributed by atoms with Gasteiger partial charge in [0.15, 0.2) is 0 Å². The van der Waals surface area contributed by atoms with E-state index >= 15 is 0 Å². The topological polar surface area (TPSA) is 50.2 Å². The van der Waals surface area contributed by atoms with Crippen LogP contribution in [0.15, 0.2) is 30.4 Å². The number of carboxylic acid groups (broad SMARTS) is 1. The minimum absolute atomic E-state index is 0.219. The van der Waals surface area contributed by atoms with Gasteiger partial charge in [-0.1, -0.05) is 24.3 Å². The molecule has 1 N–H and O–H groups in total. The minimum Gasteiger partial charge on any atom is -0.477 e. The van der Waals surface area contributed by atoms with Crippen LogP contribution in [0.5, 0.6) is 0 Å². The average molecular weight is 317 g/mol. The van der Waals surface area contributed by atoms with Crippen molar-refractivity contribution >= 4 is 29.0 Å².